The van der Waals surface area contributed by atoms with Gasteiger partial charge in [-0.25, -0.2) is 37.3 Å². The van der Waals surface area contributed by atoms with Crippen molar-refractivity contribution in [1.82, 2.24) is 51.7 Å². The van der Waals surface area contributed by atoms with Gasteiger partial charge in [0, 0.05) is 71.1 Å². The normalized spacial score (nSPS) is 13.0. The minimum atomic E-state index is -0.523. The molecule has 678 valence electrons. The fraction of sp³-hybridized carbons (Fsp3) is 0.252. The molecule has 3 amide bonds. The van der Waals surface area contributed by atoms with Crippen LogP contribution in [-0.2, 0) is 98.8 Å². The maximum Gasteiger partial charge on any atom is 0.337 e. The first-order valence-electron chi connectivity index (χ1n) is 44.0. The van der Waals surface area contributed by atoms with E-state index in [4.69, 9.17) is 32.7 Å². The standard InChI is InChI=1S/C27H23ClFN3O5.C26H25N3O3S.C26H26N2O2S.C24H20ClN3O3S/c28-21-13-19(29)9-8-18(21)15-32-22-5-2-1-4-20(22)26(34)31(27(32)35)11-3-6-25(33)30-14-17-7-10-23-24(12-17)37-16-36-23;1-16-4-8-19(9-5-16)14-28-25-23(21-12-13-27(18(3)30)15-22(21)33-25)24(31)29(26(28)32)20-10-6-17(2)7-11-20;1-4-18-9-12-20(13-10-18)28-24(29)23-21-6-5-7-22(21)31-25(23)27(26(28)30)15-19-11-8-16(2)14-17(19)3;1-15(29)26-12-11-19-20(14-26)32-23-21(19)22(30)28(18-5-3-2-4-6-18)24(31)27(23)13-16-7-9-17(25)10-8-16/h1-2,4-5,7-10,12-13H,3,6,11,14-16H2,(H,30,33);4-11H,12-15H2,1-3H3;8-14H,4-7,15H2,1-3H3;2-10H,11-14H2,1H3. The zero-order chi connectivity index (χ0) is 93.3. The summed E-state index contributed by atoms with van der Waals surface area (Å²) in [5, 5.41) is 5.93. The van der Waals surface area contributed by atoms with Gasteiger partial charge in [0.15, 0.2) is 11.5 Å². The Kier molecular flexibility index (Phi) is 26.8. The number of aryl methyl sites for hydroxylation is 7. The molecule has 0 saturated heterocycles. The Morgan fingerprint density at radius 3 is 1.49 bits per heavy atom. The van der Waals surface area contributed by atoms with E-state index >= 15 is 0 Å². The Balaban J connectivity index is 0.000000124. The third-order valence-electron chi connectivity index (χ3n) is 24.8. The number of carbonyl (C=O) groups excluding carboxylic acids is 3. The lowest BCUT2D eigenvalue weighted by molar-refractivity contribution is -0.130. The number of hydrogen-bond donors (Lipinski definition) is 1. The summed E-state index contributed by atoms with van der Waals surface area (Å²) in [6, 6.07) is 62.1. The summed E-state index contributed by atoms with van der Waals surface area (Å²) >= 11 is 16.7. The van der Waals surface area contributed by atoms with Gasteiger partial charge in [-0.3, -0.25) is 56.4 Å². The lowest BCUT2D eigenvalue weighted by Crippen LogP contribution is -2.40. The average molecular weight is 1880 g/mol. The third kappa shape index (κ3) is 18.9. The number of hydrogen-bond acceptors (Lipinski definition) is 16. The number of carbonyl (C=O) groups is 3. The van der Waals surface area contributed by atoms with E-state index in [1.807, 2.05) is 134 Å². The molecule has 0 unspecified atom stereocenters. The SMILES string of the molecule is CC(=O)N1CCc2c(sc3c2c(=O)n(-c2ccc(C)cc2)c(=O)n3Cc2ccc(C)cc2)C1.CC(=O)N1CCc2c(sc3c2c(=O)n(-c2ccccc2)c(=O)n3Cc2ccc(Cl)cc2)C1.CCc1ccc(-n2c(=O)c3c4c(sc3n(Cc3ccc(C)cc3C)c2=O)CCC4)cc1.O=C(CCCn1c(=O)c2ccccc2n(Cc2ccc(F)cc2Cl)c1=O)NCc1ccc2c(c1)OCO2. The fourth-order valence-corrected chi connectivity index (χ4v) is 21.9. The minimum Gasteiger partial charge on any atom is -0.454 e. The molecule has 7 aromatic heterocycles. The number of amides is 3. The highest BCUT2D eigenvalue weighted by Crippen LogP contribution is 2.39. The van der Waals surface area contributed by atoms with E-state index < -0.39 is 17.1 Å². The molecule has 133 heavy (non-hydrogen) atoms. The highest BCUT2D eigenvalue weighted by Gasteiger charge is 2.32. The smallest absolute Gasteiger partial charge is 0.337 e. The molecule has 1 N–H and O–H groups in total. The largest absolute Gasteiger partial charge is 0.454 e. The summed E-state index contributed by atoms with van der Waals surface area (Å²) in [4.78, 5) is 154. The highest BCUT2D eigenvalue weighted by molar-refractivity contribution is 7.19. The summed E-state index contributed by atoms with van der Waals surface area (Å²) in [7, 11) is 0. The molecular formula is C103H94Cl2FN11O13S3. The van der Waals surface area contributed by atoms with Gasteiger partial charge in [-0.15, -0.1) is 34.0 Å². The van der Waals surface area contributed by atoms with Crippen LogP contribution in [0.4, 0.5) is 4.39 Å². The Morgan fingerprint density at radius 1 is 0.444 bits per heavy atom. The molecule has 3 aliphatic heterocycles. The second kappa shape index (κ2) is 39.0. The monoisotopic (exact) mass is 1880 g/mol. The lowest BCUT2D eigenvalue weighted by atomic mass is 10.1. The first-order valence-corrected chi connectivity index (χ1v) is 47.2. The molecule has 4 aliphatic rings. The van der Waals surface area contributed by atoms with Crippen LogP contribution in [0, 0.1) is 33.5 Å². The molecule has 9 aromatic carbocycles. The van der Waals surface area contributed by atoms with Crippen molar-refractivity contribution in [2.45, 2.75) is 152 Å². The number of thiophene rings is 3. The highest BCUT2D eigenvalue weighted by atomic mass is 35.5. The molecule has 20 rings (SSSR count). The number of nitrogens with zero attached hydrogens (tertiary/aromatic N) is 10. The number of halogens is 3. The molecule has 10 heterocycles. The number of aromatic nitrogens is 8. The third-order valence-corrected chi connectivity index (χ3v) is 29.2. The number of rotatable bonds is 18. The van der Waals surface area contributed by atoms with Crippen LogP contribution in [0.5, 0.6) is 11.5 Å². The van der Waals surface area contributed by atoms with Gasteiger partial charge in [-0.05, 0) is 213 Å². The topological polar surface area (TPSA) is 264 Å². The van der Waals surface area contributed by atoms with Crippen LogP contribution in [0.3, 0.4) is 0 Å². The first-order chi connectivity index (χ1) is 64.1. The van der Waals surface area contributed by atoms with Crippen LogP contribution < -0.4 is 59.8 Å². The Hall–Kier alpha value is -13.6. The number of nitrogens with one attached hydrogen (secondary N) is 1. The van der Waals surface area contributed by atoms with Gasteiger partial charge in [-0.1, -0.05) is 168 Å². The van der Waals surface area contributed by atoms with E-state index in [2.05, 4.69) is 44.3 Å². The van der Waals surface area contributed by atoms with E-state index in [0.29, 0.717) is 136 Å². The molecular weight excluding hydrogens is 1790 g/mol. The van der Waals surface area contributed by atoms with E-state index in [1.54, 1.807) is 98.7 Å². The molecule has 30 heteroatoms. The number of benzene rings is 9. The van der Waals surface area contributed by atoms with E-state index in [-0.39, 0.29) is 89.2 Å². The van der Waals surface area contributed by atoms with Crippen molar-refractivity contribution < 1.29 is 28.2 Å². The van der Waals surface area contributed by atoms with E-state index in [1.165, 1.54) is 75.1 Å². The number of para-hydroxylation sites is 2. The summed E-state index contributed by atoms with van der Waals surface area (Å²) in [6.45, 7) is 17.2. The van der Waals surface area contributed by atoms with Crippen LogP contribution in [0.1, 0.15) is 127 Å². The zero-order valence-electron chi connectivity index (χ0n) is 74.2. The van der Waals surface area contributed by atoms with Gasteiger partial charge in [0.05, 0.1) is 83.4 Å². The predicted molar refractivity (Wildman–Crippen MR) is 523 cm³/mol. The molecule has 0 fully saturated rings. The summed E-state index contributed by atoms with van der Waals surface area (Å²) < 4.78 is 35.8. The Labute approximate surface area is 784 Å². The molecule has 0 atom stereocenters. The van der Waals surface area contributed by atoms with Crippen LogP contribution in [0.15, 0.2) is 245 Å². The van der Waals surface area contributed by atoms with Crippen LogP contribution in [0.2, 0.25) is 10.0 Å². The van der Waals surface area contributed by atoms with Crippen molar-refractivity contribution in [3.63, 3.8) is 0 Å². The van der Waals surface area contributed by atoms with Crippen molar-refractivity contribution in [2.24, 2.45) is 0 Å². The van der Waals surface area contributed by atoms with Crippen LogP contribution >= 0.6 is 57.2 Å². The zero-order valence-corrected chi connectivity index (χ0v) is 78.2. The van der Waals surface area contributed by atoms with Crippen molar-refractivity contribution in [2.75, 3.05) is 19.9 Å². The van der Waals surface area contributed by atoms with Crippen molar-refractivity contribution in [1.29, 1.82) is 0 Å². The maximum absolute atomic E-state index is 13.7. The first kappa shape index (κ1) is 91.3. The van der Waals surface area contributed by atoms with E-state index in [9.17, 15) is 57.1 Å². The second-order valence-corrected chi connectivity index (χ2v) is 37.8. The Morgan fingerprint density at radius 2 is 0.925 bits per heavy atom. The second-order valence-electron chi connectivity index (χ2n) is 33.7. The average Bonchev–Trinajstić information content (AvgIpc) is 1.59. The van der Waals surface area contributed by atoms with Gasteiger partial charge >= 0.3 is 22.8 Å². The van der Waals surface area contributed by atoms with Crippen molar-refractivity contribution >= 4 is 116 Å². The number of ether oxygens (including phenoxy) is 2. The molecule has 16 aromatic rings. The molecule has 24 nitrogen and oxygen atoms in total. The van der Waals surface area contributed by atoms with E-state index in [0.717, 1.165) is 106 Å². The minimum absolute atomic E-state index is 0.00774. The molecule has 0 radical (unpaired) electrons. The molecule has 1 aliphatic carbocycles. The molecule has 0 saturated carbocycles. The van der Waals surface area contributed by atoms with Gasteiger partial charge < -0.3 is 24.6 Å². The molecule has 0 bridgehead atoms. The summed E-state index contributed by atoms with van der Waals surface area (Å²) in [5.41, 5.74) is 12.7. The molecule has 0 spiro atoms. The fourth-order valence-electron chi connectivity index (χ4n) is 17.5. The van der Waals surface area contributed by atoms with Crippen LogP contribution in [0.25, 0.3) is 58.6 Å². The predicted octanol–water partition coefficient (Wildman–Crippen LogP) is 16.4. The maximum atomic E-state index is 13.7. The van der Waals surface area contributed by atoms with Crippen LogP contribution in [-0.4, -0.2) is 83.9 Å². The Bertz CT molecular complexity index is 7820. The van der Waals surface area contributed by atoms with Crippen molar-refractivity contribution in [3.05, 3.63) is 392 Å². The number of fused-ring (bicyclic) bond motifs is 11. The lowest BCUT2D eigenvalue weighted by Gasteiger charge is -2.25. The summed E-state index contributed by atoms with van der Waals surface area (Å²) in [6.07, 6.45) is 5.54. The summed E-state index contributed by atoms with van der Waals surface area (Å²) in [5.74, 6) is 0.655. The quantitative estimate of drug-likeness (QED) is 0.0838. The van der Waals surface area contributed by atoms with Gasteiger partial charge in [0.2, 0.25) is 24.5 Å². The van der Waals surface area contributed by atoms with Crippen molar-refractivity contribution in [3.8, 4) is 28.6 Å². The van der Waals surface area contributed by atoms with Gasteiger partial charge in [-0.2, -0.15) is 0 Å². The van der Waals surface area contributed by atoms with Gasteiger partial charge in [0.1, 0.15) is 20.3 Å². The van der Waals surface area contributed by atoms with Gasteiger partial charge in [0.25, 0.3) is 22.2 Å².